The summed E-state index contributed by atoms with van der Waals surface area (Å²) >= 11 is 0. The van der Waals surface area contributed by atoms with Gasteiger partial charge in [-0.1, -0.05) is 19.9 Å². The van der Waals surface area contributed by atoms with Crippen molar-refractivity contribution in [2.75, 3.05) is 7.11 Å². The number of hydrogen-bond acceptors (Lipinski definition) is 3. The van der Waals surface area contributed by atoms with Crippen LogP contribution in [0.15, 0.2) is 30.2 Å². The summed E-state index contributed by atoms with van der Waals surface area (Å²) in [6.45, 7) is 3.83. The number of allylic oxidation sites excluding steroid dienone is 1. The SMILES string of the molecule is COC(=O)C1=C([O-])C(C)C(C)c2cccc[n+]21. The zero-order valence-corrected chi connectivity index (χ0v) is 10.1. The maximum absolute atomic E-state index is 12.1. The fraction of sp³-hybridized carbons (Fsp3) is 0.385. The Hall–Kier alpha value is -1.84. The maximum Gasteiger partial charge on any atom is 0.402 e. The fourth-order valence-corrected chi connectivity index (χ4v) is 2.14. The zero-order chi connectivity index (χ0) is 12.6. The number of methoxy groups -OCH3 is 1. The molecule has 0 N–H and O–H groups in total. The Morgan fingerprint density at radius 2 is 2.06 bits per heavy atom. The van der Waals surface area contributed by atoms with Crippen LogP contribution in [-0.4, -0.2) is 13.1 Å². The van der Waals surface area contributed by atoms with Crippen LogP contribution >= 0.6 is 0 Å². The molecule has 2 heterocycles. The van der Waals surface area contributed by atoms with Gasteiger partial charge in [0.1, 0.15) is 0 Å². The summed E-state index contributed by atoms with van der Waals surface area (Å²) in [5.41, 5.74) is 1.06. The number of carbonyl (C=O) groups is 1. The molecule has 0 radical (unpaired) electrons. The van der Waals surface area contributed by atoms with Crippen LogP contribution in [0.1, 0.15) is 25.5 Å². The van der Waals surface area contributed by atoms with Gasteiger partial charge in [0.05, 0.1) is 7.11 Å². The van der Waals surface area contributed by atoms with Gasteiger partial charge in [0.15, 0.2) is 11.9 Å². The number of pyridine rings is 1. The van der Waals surface area contributed by atoms with Crippen molar-refractivity contribution in [3.8, 4) is 0 Å². The van der Waals surface area contributed by atoms with Gasteiger partial charge in [-0.05, 0) is 11.7 Å². The maximum atomic E-state index is 12.1. The highest BCUT2D eigenvalue weighted by molar-refractivity contribution is 6.06. The molecule has 17 heavy (non-hydrogen) atoms. The molecule has 2 unspecified atom stereocenters. The highest BCUT2D eigenvalue weighted by atomic mass is 16.5. The van der Waals surface area contributed by atoms with E-state index in [0.717, 1.165) is 5.69 Å². The van der Waals surface area contributed by atoms with Crippen molar-refractivity contribution < 1.29 is 19.2 Å². The van der Waals surface area contributed by atoms with E-state index in [4.69, 9.17) is 0 Å². The first-order valence-electron chi connectivity index (χ1n) is 5.58. The van der Waals surface area contributed by atoms with Gasteiger partial charge >= 0.3 is 5.97 Å². The number of esters is 1. The van der Waals surface area contributed by atoms with Gasteiger partial charge in [-0.3, -0.25) is 0 Å². The molecule has 2 rings (SSSR count). The molecular weight excluding hydrogens is 218 g/mol. The van der Waals surface area contributed by atoms with Crippen LogP contribution in [0.5, 0.6) is 0 Å². The second-order valence-corrected chi connectivity index (χ2v) is 4.28. The third-order valence-electron chi connectivity index (χ3n) is 3.37. The highest BCUT2D eigenvalue weighted by Gasteiger charge is 2.36. The summed E-state index contributed by atoms with van der Waals surface area (Å²) in [6, 6.07) is 5.62. The van der Waals surface area contributed by atoms with E-state index in [1.54, 1.807) is 16.8 Å². The van der Waals surface area contributed by atoms with Gasteiger partial charge in [-0.2, -0.15) is 4.57 Å². The summed E-state index contributed by atoms with van der Waals surface area (Å²) in [4.78, 5) is 11.7. The fourth-order valence-electron chi connectivity index (χ4n) is 2.14. The van der Waals surface area contributed by atoms with Crippen LogP contribution in [0.3, 0.4) is 0 Å². The predicted octanol–water partition coefficient (Wildman–Crippen LogP) is 0.429. The highest BCUT2D eigenvalue weighted by Crippen LogP contribution is 2.31. The molecule has 4 heteroatoms. The molecule has 0 aromatic carbocycles. The van der Waals surface area contributed by atoms with Crippen molar-refractivity contribution in [1.82, 2.24) is 0 Å². The van der Waals surface area contributed by atoms with Crippen molar-refractivity contribution in [1.29, 1.82) is 0 Å². The molecule has 0 amide bonds. The lowest BCUT2D eigenvalue weighted by atomic mass is 9.86. The number of hydrogen-bond donors (Lipinski definition) is 0. The average molecular weight is 233 g/mol. The van der Waals surface area contributed by atoms with Crippen molar-refractivity contribution in [3.63, 3.8) is 0 Å². The lowest BCUT2D eigenvalue weighted by Gasteiger charge is -2.29. The summed E-state index contributed by atoms with van der Waals surface area (Å²) in [5.74, 6) is -0.845. The van der Waals surface area contributed by atoms with Gasteiger partial charge < -0.3 is 9.84 Å². The van der Waals surface area contributed by atoms with Crippen LogP contribution in [0.2, 0.25) is 0 Å². The third-order valence-corrected chi connectivity index (χ3v) is 3.37. The molecule has 1 aromatic rings. The van der Waals surface area contributed by atoms with Crippen molar-refractivity contribution in [3.05, 3.63) is 35.8 Å². The Bertz CT molecular complexity index is 493. The molecule has 0 spiro atoms. The van der Waals surface area contributed by atoms with Crippen molar-refractivity contribution in [2.24, 2.45) is 5.92 Å². The molecule has 2 atom stereocenters. The second kappa shape index (κ2) is 4.20. The summed E-state index contributed by atoms with van der Waals surface area (Å²) in [6.07, 6.45) is 1.72. The van der Waals surface area contributed by atoms with Gasteiger partial charge in [0, 0.05) is 18.1 Å². The Morgan fingerprint density at radius 1 is 1.35 bits per heavy atom. The number of carbonyl (C=O) groups excluding carboxylic acids is 1. The van der Waals surface area contributed by atoms with Gasteiger partial charge in [-0.25, -0.2) is 4.79 Å². The minimum absolute atomic E-state index is 0.0945. The van der Waals surface area contributed by atoms with E-state index in [0.29, 0.717) is 0 Å². The van der Waals surface area contributed by atoms with Crippen LogP contribution in [0.4, 0.5) is 0 Å². The minimum atomic E-state index is -0.578. The van der Waals surface area contributed by atoms with Crippen LogP contribution in [-0.2, 0) is 9.53 Å². The van der Waals surface area contributed by atoms with E-state index in [1.807, 2.05) is 26.0 Å². The van der Waals surface area contributed by atoms with E-state index >= 15 is 0 Å². The number of rotatable bonds is 1. The molecule has 1 aliphatic rings. The lowest BCUT2D eigenvalue weighted by Crippen LogP contribution is -2.49. The molecule has 0 bridgehead atoms. The Kier molecular flexibility index (Phi) is 2.88. The minimum Gasteiger partial charge on any atom is -0.871 e. The lowest BCUT2D eigenvalue weighted by molar-refractivity contribution is -0.599. The quantitative estimate of drug-likeness (QED) is 0.522. The average Bonchev–Trinajstić information content (AvgIpc) is 2.36. The molecule has 0 fully saturated rings. The molecule has 0 aliphatic carbocycles. The smallest absolute Gasteiger partial charge is 0.402 e. The topological polar surface area (TPSA) is 53.2 Å². The van der Waals surface area contributed by atoms with E-state index in [-0.39, 0.29) is 23.3 Å². The van der Waals surface area contributed by atoms with Gasteiger partial charge in [0.2, 0.25) is 0 Å². The predicted molar refractivity (Wildman–Crippen MR) is 59.4 cm³/mol. The van der Waals surface area contributed by atoms with Gasteiger partial charge in [0.25, 0.3) is 5.70 Å². The first-order valence-corrected chi connectivity index (χ1v) is 5.58. The number of fused-ring (bicyclic) bond motifs is 1. The molecule has 0 saturated carbocycles. The molecule has 0 saturated heterocycles. The monoisotopic (exact) mass is 233 g/mol. The van der Waals surface area contributed by atoms with Gasteiger partial charge in [-0.15, -0.1) is 0 Å². The van der Waals surface area contributed by atoms with Crippen LogP contribution < -0.4 is 9.67 Å². The largest absolute Gasteiger partial charge is 0.871 e. The van der Waals surface area contributed by atoms with E-state index in [2.05, 4.69) is 4.74 Å². The van der Waals surface area contributed by atoms with E-state index < -0.39 is 5.97 Å². The normalized spacial score (nSPS) is 23.2. The third kappa shape index (κ3) is 1.69. The molecule has 1 aromatic heterocycles. The Morgan fingerprint density at radius 3 is 2.71 bits per heavy atom. The number of nitrogens with zero attached hydrogens (tertiary/aromatic N) is 1. The first kappa shape index (κ1) is 11.6. The number of aromatic nitrogens is 1. The standard InChI is InChI=1S/C13H15NO3/c1-8-9(2)12(15)11(13(16)17-3)14-7-5-4-6-10(8)14/h4-9H,1-3H3. The molecular formula is C13H15NO3. The Balaban J connectivity index is 2.66. The van der Waals surface area contributed by atoms with Crippen LogP contribution in [0, 0.1) is 5.92 Å². The molecule has 1 aliphatic heterocycles. The van der Waals surface area contributed by atoms with E-state index in [9.17, 15) is 9.90 Å². The summed E-state index contributed by atoms with van der Waals surface area (Å²) < 4.78 is 6.32. The second-order valence-electron chi connectivity index (χ2n) is 4.28. The zero-order valence-electron chi connectivity index (χ0n) is 10.1. The summed E-state index contributed by atoms with van der Waals surface area (Å²) in [5, 5.41) is 12.1. The molecule has 90 valence electrons. The first-order chi connectivity index (χ1) is 8.07. The van der Waals surface area contributed by atoms with E-state index in [1.165, 1.54) is 7.11 Å². The van der Waals surface area contributed by atoms with Crippen molar-refractivity contribution in [2.45, 2.75) is 19.8 Å². The Labute approximate surface area is 100 Å². The van der Waals surface area contributed by atoms with Crippen LogP contribution in [0.25, 0.3) is 5.70 Å². The number of ether oxygens (including phenoxy) is 1. The summed E-state index contributed by atoms with van der Waals surface area (Å²) in [7, 11) is 1.29. The van der Waals surface area contributed by atoms with Crippen molar-refractivity contribution >= 4 is 11.7 Å². The molecule has 4 nitrogen and oxygen atoms in total.